The molecule has 1 aliphatic heterocycles. The Morgan fingerprint density at radius 2 is 2.25 bits per heavy atom. The SMILES string of the molecule is CC1CCN(CC(=O)Nc2cc(Cl)ccc2Cl)CC1O. The molecule has 0 spiro atoms. The van der Waals surface area contributed by atoms with E-state index in [1.165, 1.54) is 0 Å². The van der Waals surface area contributed by atoms with Gasteiger partial charge in [-0.2, -0.15) is 0 Å². The molecule has 2 rings (SSSR count). The van der Waals surface area contributed by atoms with Crippen molar-refractivity contribution in [3.63, 3.8) is 0 Å². The van der Waals surface area contributed by atoms with E-state index in [4.69, 9.17) is 23.2 Å². The zero-order chi connectivity index (χ0) is 14.7. The Kier molecular flexibility index (Phi) is 5.27. The number of rotatable bonds is 3. The van der Waals surface area contributed by atoms with E-state index in [9.17, 15) is 9.90 Å². The van der Waals surface area contributed by atoms with Gasteiger partial charge in [-0.1, -0.05) is 30.1 Å². The van der Waals surface area contributed by atoms with E-state index in [1.54, 1.807) is 18.2 Å². The molecule has 1 aromatic carbocycles. The monoisotopic (exact) mass is 316 g/mol. The first-order chi connectivity index (χ1) is 9.45. The number of hydrogen-bond acceptors (Lipinski definition) is 3. The molecule has 0 bridgehead atoms. The molecular weight excluding hydrogens is 299 g/mol. The van der Waals surface area contributed by atoms with Gasteiger partial charge in [0.25, 0.3) is 0 Å². The molecule has 20 heavy (non-hydrogen) atoms. The van der Waals surface area contributed by atoms with Crippen molar-refractivity contribution in [2.75, 3.05) is 25.0 Å². The molecule has 2 atom stereocenters. The maximum atomic E-state index is 12.0. The Hall–Kier alpha value is -0.810. The Bertz CT molecular complexity index is 496. The van der Waals surface area contributed by atoms with Gasteiger partial charge in [-0.15, -0.1) is 0 Å². The zero-order valence-electron chi connectivity index (χ0n) is 11.3. The number of amides is 1. The first-order valence-corrected chi connectivity index (χ1v) is 7.36. The summed E-state index contributed by atoms with van der Waals surface area (Å²) in [4.78, 5) is 13.9. The summed E-state index contributed by atoms with van der Waals surface area (Å²) in [5.74, 6) is 0.132. The molecule has 1 heterocycles. The van der Waals surface area contributed by atoms with Crippen LogP contribution >= 0.6 is 23.2 Å². The number of benzene rings is 1. The van der Waals surface area contributed by atoms with Crippen molar-refractivity contribution in [3.8, 4) is 0 Å². The van der Waals surface area contributed by atoms with Crippen LogP contribution in [0.2, 0.25) is 10.0 Å². The van der Waals surface area contributed by atoms with Gasteiger partial charge in [0.1, 0.15) is 0 Å². The molecule has 1 amide bonds. The lowest BCUT2D eigenvalue weighted by Gasteiger charge is -2.33. The lowest BCUT2D eigenvalue weighted by Crippen LogP contribution is -2.45. The summed E-state index contributed by atoms with van der Waals surface area (Å²) in [6.45, 7) is 3.60. The van der Waals surface area contributed by atoms with Crippen molar-refractivity contribution in [3.05, 3.63) is 28.2 Å². The molecule has 110 valence electrons. The summed E-state index contributed by atoms with van der Waals surface area (Å²) in [5, 5.41) is 13.5. The van der Waals surface area contributed by atoms with E-state index < -0.39 is 0 Å². The molecule has 6 heteroatoms. The topological polar surface area (TPSA) is 52.6 Å². The highest BCUT2D eigenvalue weighted by atomic mass is 35.5. The van der Waals surface area contributed by atoms with Crippen LogP contribution in [0.4, 0.5) is 5.69 Å². The minimum Gasteiger partial charge on any atom is -0.392 e. The highest BCUT2D eigenvalue weighted by Gasteiger charge is 2.25. The van der Waals surface area contributed by atoms with Crippen LogP contribution in [-0.2, 0) is 4.79 Å². The fourth-order valence-electron chi connectivity index (χ4n) is 2.24. The molecule has 0 aromatic heterocycles. The fraction of sp³-hybridized carbons (Fsp3) is 0.500. The molecule has 2 unspecified atom stereocenters. The van der Waals surface area contributed by atoms with Crippen LogP contribution in [0.25, 0.3) is 0 Å². The summed E-state index contributed by atoms with van der Waals surface area (Å²) in [5.41, 5.74) is 0.509. The first kappa shape index (κ1) is 15.6. The van der Waals surface area contributed by atoms with Gasteiger partial charge in [-0.3, -0.25) is 9.69 Å². The number of anilines is 1. The van der Waals surface area contributed by atoms with Crippen molar-refractivity contribution >= 4 is 34.8 Å². The van der Waals surface area contributed by atoms with Crippen molar-refractivity contribution in [2.45, 2.75) is 19.4 Å². The molecule has 4 nitrogen and oxygen atoms in total. The summed E-state index contributed by atoms with van der Waals surface area (Å²) < 4.78 is 0. The Balaban J connectivity index is 1.91. The standard InChI is InChI=1S/C14H18Cl2N2O2/c1-9-4-5-18(7-13(9)19)8-14(20)17-12-6-10(15)2-3-11(12)16/h2-3,6,9,13,19H,4-5,7-8H2,1H3,(H,17,20). The summed E-state index contributed by atoms with van der Waals surface area (Å²) in [6, 6.07) is 4.93. The smallest absolute Gasteiger partial charge is 0.238 e. The molecule has 0 saturated carbocycles. The maximum Gasteiger partial charge on any atom is 0.238 e. The number of carbonyl (C=O) groups is 1. The van der Waals surface area contributed by atoms with Gasteiger partial charge in [0.05, 0.1) is 23.4 Å². The van der Waals surface area contributed by atoms with Crippen LogP contribution in [0.1, 0.15) is 13.3 Å². The van der Waals surface area contributed by atoms with E-state index in [0.29, 0.717) is 22.3 Å². The summed E-state index contributed by atoms with van der Waals surface area (Å²) in [7, 11) is 0. The lowest BCUT2D eigenvalue weighted by molar-refractivity contribution is -0.118. The second-order valence-corrected chi connectivity index (χ2v) is 6.08. The van der Waals surface area contributed by atoms with Crippen LogP contribution in [-0.4, -0.2) is 41.7 Å². The third-order valence-electron chi connectivity index (χ3n) is 3.57. The van der Waals surface area contributed by atoms with Crippen LogP contribution in [0.15, 0.2) is 18.2 Å². The van der Waals surface area contributed by atoms with Crippen molar-refractivity contribution in [1.29, 1.82) is 0 Å². The second-order valence-electron chi connectivity index (χ2n) is 5.24. The number of carbonyl (C=O) groups excluding carboxylic acids is 1. The van der Waals surface area contributed by atoms with Crippen LogP contribution < -0.4 is 5.32 Å². The van der Waals surface area contributed by atoms with Crippen molar-refractivity contribution in [2.24, 2.45) is 5.92 Å². The van der Waals surface area contributed by atoms with Crippen molar-refractivity contribution < 1.29 is 9.90 Å². The van der Waals surface area contributed by atoms with Gasteiger partial charge < -0.3 is 10.4 Å². The van der Waals surface area contributed by atoms with E-state index in [1.807, 2.05) is 11.8 Å². The second kappa shape index (κ2) is 6.76. The first-order valence-electron chi connectivity index (χ1n) is 6.61. The average Bonchev–Trinajstić information content (AvgIpc) is 2.38. The zero-order valence-corrected chi connectivity index (χ0v) is 12.8. The third-order valence-corrected chi connectivity index (χ3v) is 4.14. The third kappa shape index (κ3) is 4.09. The van der Waals surface area contributed by atoms with Gasteiger partial charge in [0.2, 0.25) is 5.91 Å². The van der Waals surface area contributed by atoms with Gasteiger partial charge in [0.15, 0.2) is 0 Å². The van der Waals surface area contributed by atoms with Gasteiger partial charge in [-0.25, -0.2) is 0 Å². The molecule has 1 aromatic rings. The quantitative estimate of drug-likeness (QED) is 0.901. The number of nitrogens with one attached hydrogen (secondary N) is 1. The number of β-amino-alcohol motifs (C(OH)–C–C–N with tert-alkyl or cyclic N) is 1. The highest BCUT2D eigenvalue weighted by Crippen LogP contribution is 2.25. The fourth-order valence-corrected chi connectivity index (χ4v) is 2.58. The van der Waals surface area contributed by atoms with Crippen LogP contribution in [0, 0.1) is 5.92 Å². The lowest BCUT2D eigenvalue weighted by atomic mass is 9.96. The number of piperidine rings is 1. The number of aliphatic hydroxyl groups is 1. The molecule has 0 radical (unpaired) electrons. The number of hydrogen-bond donors (Lipinski definition) is 2. The van der Waals surface area contributed by atoms with Gasteiger partial charge in [-0.05, 0) is 37.1 Å². The van der Waals surface area contributed by atoms with Gasteiger partial charge >= 0.3 is 0 Å². The van der Waals surface area contributed by atoms with Gasteiger partial charge in [0, 0.05) is 11.6 Å². The minimum atomic E-state index is -0.369. The summed E-state index contributed by atoms with van der Waals surface area (Å²) >= 11 is 11.9. The number of halogens is 2. The molecule has 1 saturated heterocycles. The predicted octanol–water partition coefficient (Wildman–Crippen LogP) is 2.63. The minimum absolute atomic E-state index is 0.157. The normalized spacial score (nSPS) is 23.6. The van der Waals surface area contributed by atoms with E-state index in [-0.39, 0.29) is 24.5 Å². The van der Waals surface area contributed by atoms with Crippen LogP contribution in [0.3, 0.4) is 0 Å². The van der Waals surface area contributed by atoms with E-state index >= 15 is 0 Å². The molecule has 1 aliphatic rings. The molecule has 2 N–H and O–H groups in total. The van der Waals surface area contributed by atoms with Crippen molar-refractivity contribution in [1.82, 2.24) is 4.90 Å². The number of aliphatic hydroxyl groups excluding tert-OH is 1. The number of likely N-dealkylation sites (tertiary alicyclic amines) is 1. The average molecular weight is 317 g/mol. The highest BCUT2D eigenvalue weighted by molar-refractivity contribution is 6.35. The van der Waals surface area contributed by atoms with E-state index in [2.05, 4.69) is 5.32 Å². The molecule has 1 fully saturated rings. The maximum absolute atomic E-state index is 12.0. The Morgan fingerprint density at radius 3 is 2.95 bits per heavy atom. The predicted molar refractivity (Wildman–Crippen MR) is 81.3 cm³/mol. The Labute approximate surface area is 128 Å². The number of nitrogens with zero attached hydrogens (tertiary/aromatic N) is 1. The Morgan fingerprint density at radius 1 is 1.50 bits per heavy atom. The van der Waals surface area contributed by atoms with E-state index in [0.717, 1.165) is 13.0 Å². The molecule has 0 aliphatic carbocycles. The molecular formula is C14H18Cl2N2O2. The largest absolute Gasteiger partial charge is 0.392 e. The van der Waals surface area contributed by atoms with Crippen LogP contribution in [0.5, 0.6) is 0 Å². The summed E-state index contributed by atoms with van der Waals surface area (Å²) in [6.07, 6.45) is 0.526.